The van der Waals surface area contributed by atoms with E-state index in [4.69, 9.17) is 11.6 Å². The van der Waals surface area contributed by atoms with Crippen molar-refractivity contribution in [3.63, 3.8) is 0 Å². The van der Waals surface area contributed by atoms with Crippen molar-refractivity contribution in [2.24, 2.45) is 0 Å². The van der Waals surface area contributed by atoms with Crippen LogP contribution in [-0.4, -0.2) is 22.1 Å². The van der Waals surface area contributed by atoms with Crippen molar-refractivity contribution >= 4 is 23.4 Å². The smallest absolute Gasteiger partial charge is 0.320 e. The van der Waals surface area contributed by atoms with Crippen molar-refractivity contribution in [3.8, 4) is 0 Å². The van der Waals surface area contributed by atoms with Gasteiger partial charge in [-0.15, -0.1) is 0 Å². The van der Waals surface area contributed by atoms with Gasteiger partial charge in [-0.3, -0.25) is 0 Å². The molecule has 0 radical (unpaired) electrons. The average molecular weight is 179 g/mol. The lowest BCUT2D eigenvalue weighted by molar-refractivity contribution is 0.412. The van der Waals surface area contributed by atoms with Crippen LogP contribution in [0.5, 0.6) is 0 Å². The molecule has 0 aliphatic carbocycles. The Labute approximate surface area is 68.1 Å². The normalized spacial score (nSPS) is 10.2. The fraction of sp³-hybridized carbons (Fsp3) is 0.600. The van der Waals surface area contributed by atoms with Gasteiger partial charge in [0.1, 0.15) is 0 Å². The van der Waals surface area contributed by atoms with Gasteiger partial charge in [0, 0.05) is 12.2 Å². The van der Waals surface area contributed by atoms with Crippen LogP contribution in [0.2, 0.25) is 5.35 Å². The summed E-state index contributed by atoms with van der Waals surface area (Å²) in [7, 11) is 0. The van der Waals surface area contributed by atoms with Crippen LogP contribution in [0, 0.1) is 0 Å². The molecule has 0 atom stereocenters. The van der Waals surface area contributed by atoms with E-state index in [0.717, 1.165) is 12.2 Å². The first-order valence-corrected chi connectivity index (χ1v) is 4.57. The maximum absolute atomic E-state index is 5.39. The van der Waals surface area contributed by atoms with E-state index in [1.807, 2.05) is 6.26 Å². The van der Waals surface area contributed by atoms with Crippen molar-refractivity contribution in [3.05, 3.63) is 11.2 Å². The Kier molecular flexibility index (Phi) is 3.02. The van der Waals surface area contributed by atoms with Crippen LogP contribution in [0.4, 0.5) is 0 Å². The maximum Gasteiger partial charge on any atom is 0.320 e. The molecule has 0 unspecified atom stereocenters. The van der Waals surface area contributed by atoms with Crippen LogP contribution in [0.1, 0.15) is 5.82 Å². The predicted octanol–water partition coefficient (Wildman–Crippen LogP) is 1.63. The second-order valence-corrected chi connectivity index (χ2v) is 3.02. The van der Waals surface area contributed by atoms with E-state index in [1.165, 1.54) is 0 Å². The summed E-state index contributed by atoms with van der Waals surface area (Å²) in [4.78, 5) is 3.82. The van der Waals surface area contributed by atoms with Gasteiger partial charge >= 0.3 is 5.35 Å². The number of aromatic nitrogens is 2. The Bertz CT molecular complexity index is 203. The Morgan fingerprint density at radius 1 is 1.70 bits per heavy atom. The zero-order chi connectivity index (χ0) is 7.40. The highest BCUT2D eigenvalue weighted by atomic mass is 35.5. The summed E-state index contributed by atoms with van der Waals surface area (Å²) in [5, 5.41) is 3.74. The molecule has 0 bridgehead atoms. The molecular formula is C5H7ClN2OS. The Hall–Kier alpha value is -0.220. The van der Waals surface area contributed by atoms with E-state index in [0.29, 0.717) is 5.82 Å². The van der Waals surface area contributed by atoms with Gasteiger partial charge in [0.15, 0.2) is 5.82 Å². The third-order valence-corrected chi connectivity index (χ3v) is 1.74. The van der Waals surface area contributed by atoms with Crippen molar-refractivity contribution in [2.45, 2.75) is 6.42 Å². The molecule has 0 saturated carbocycles. The highest BCUT2D eigenvalue weighted by Gasteiger charge is 2.00. The lowest BCUT2D eigenvalue weighted by atomic mass is 10.5. The van der Waals surface area contributed by atoms with Gasteiger partial charge in [0.2, 0.25) is 0 Å². The molecule has 1 heterocycles. The molecule has 5 heteroatoms. The van der Waals surface area contributed by atoms with Crippen LogP contribution in [0.15, 0.2) is 4.52 Å². The summed E-state index contributed by atoms with van der Waals surface area (Å²) in [5.74, 6) is 1.68. The second kappa shape index (κ2) is 3.83. The molecular weight excluding hydrogens is 172 g/mol. The first-order valence-electron chi connectivity index (χ1n) is 2.80. The Morgan fingerprint density at radius 2 is 2.50 bits per heavy atom. The molecule has 0 aromatic carbocycles. The summed E-state index contributed by atoms with van der Waals surface area (Å²) in [5.41, 5.74) is 0. The van der Waals surface area contributed by atoms with E-state index in [9.17, 15) is 0 Å². The van der Waals surface area contributed by atoms with Gasteiger partial charge in [0.05, 0.1) is 0 Å². The van der Waals surface area contributed by atoms with Crippen LogP contribution < -0.4 is 0 Å². The molecule has 1 rings (SSSR count). The number of rotatable bonds is 3. The molecule has 0 spiro atoms. The van der Waals surface area contributed by atoms with Crippen molar-refractivity contribution in [1.82, 2.24) is 10.1 Å². The van der Waals surface area contributed by atoms with E-state index in [-0.39, 0.29) is 5.35 Å². The monoisotopic (exact) mass is 178 g/mol. The summed E-state index contributed by atoms with van der Waals surface area (Å²) >= 11 is 7.13. The van der Waals surface area contributed by atoms with Crippen LogP contribution in [0.3, 0.4) is 0 Å². The number of thioether (sulfide) groups is 1. The third kappa shape index (κ3) is 2.19. The number of hydrogen-bond donors (Lipinski definition) is 0. The van der Waals surface area contributed by atoms with Gasteiger partial charge < -0.3 is 4.52 Å². The van der Waals surface area contributed by atoms with Crippen molar-refractivity contribution in [2.75, 3.05) is 12.0 Å². The predicted molar refractivity (Wildman–Crippen MR) is 41.4 cm³/mol. The third-order valence-electron chi connectivity index (χ3n) is 0.973. The summed E-state index contributed by atoms with van der Waals surface area (Å²) < 4.78 is 4.56. The molecule has 56 valence electrons. The van der Waals surface area contributed by atoms with E-state index >= 15 is 0 Å². The maximum atomic E-state index is 5.39. The SMILES string of the molecule is CSCCc1noc(Cl)n1. The standard InChI is InChI=1S/C5H7ClN2OS/c1-10-3-2-4-7-5(6)9-8-4/h2-3H2,1H3. The zero-order valence-corrected chi connectivity index (χ0v) is 7.08. The van der Waals surface area contributed by atoms with Gasteiger partial charge in [-0.05, 0) is 17.9 Å². The van der Waals surface area contributed by atoms with Crippen LogP contribution in [-0.2, 0) is 6.42 Å². The molecule has 0 aliphatic heterocycles. The molecule has 0 fully saturated rings. The number of nitrogens with zero attached hydrogens (tertiary/aromatic N) is 2. The first-order chi connectivity index (χ1) is 4.83. The summed E-state index contributed by atoms with van der Waals surface area (Å²) in [6.45, 7) is 0. The minimum absolute atomic E-state index is 0.121. The average Bonchev–Trinajstić information content (AvgIpc) is 2.31. The summed E-state index contributed by atoms with van der Waals surface area (Å²) in [6.07, 6.45) is 2.85. The molecule has 1 aromatic rings. The highest BCUT2D eigenvalue weighted by Crippen LogP contribution is 2.05. The molecule has 0 saturated heterocycles. The largest absolute Gasteiger partial charge is 0.321 e. The van der Waals surface area contributed by atoms with E-state index < -0.39 is 0 Å². The minimum Gasteiger partial charge on any atom is -0.321 e. The molecule has 1 aromatic heterocycles. The summed E-state index contributed by atoms with van der Waals surface area (Å²) in [6, 6.07) is 0. The molecule has 10 heavy (non-hydrogen) atoms. The zero-order valence-electron chi connectivity index (χ0n) is 5.50. The van der Waals surface area contributed by atoms with Crippen LogP contribution in [0.25, 0.3) is 0 Å². The quantitative estimate of drug-likeness (QED) is 0.706. The first kappa shape index (κ1) is 7.88. The Morgan fingerprint density at radius 3 is 3.00 bits per heavy atom. The minimum atomic E-state index is 0.121. The van der Waals surface area contributed by atoms with Crippen molar-refractivity contribution in [1.29, 1.82) is 0 Å². The fourth-order valence-corrected chi connectivity index (χ4v) is 1.05. The molecule has 3 nitrogen and oxygen atoms in total. The highest BCUT2D eigenvalue weighted by molar-refractivity contribution is 7.98. The number of aryl methyl sites for hydroxylation is 1. The van der Waals surface area contributed by atoms with Gasteiger partial charge in [0.25, 0.3) is 0 Å². The topological polar surface area (TPSA) is 38.9 Å². The van der Waals surface area contributed by atoms with Crippen molar-refractivity contribution < 1.29 is 4.52 Å². The Balaban J connectivity index is 2.42. The van der Waals surface area contributed by atoms with Gasteiger partial charge in [-0.2, -0.15) is 16.7 Å². The van der Waals surface area contributed by atoms with Crippen LogP contribution >= 0.6 is 23.4 Å². The number of halogens is 1. The molecule has 0 amide bonds. The fourth-order valence-electron chi connectivity index (χ4n) is 0.528. The van der Waals surface area contributed by atoms with E-state index in [1.54, 1.807) is 11.8 Å². The number of hydrogen-bond acceptors (Lipinski definition) is 4. The van der Waals surface area contributed by atoms with Gasteiger partial charge in [-0.1, -0.05) is 5.16 Å². The second-order valence-electron chi connectivity index (χ2n) is 1.71. The van der Waals surface area contributed by atoms with Gasteiger partial charge in [-0.25, -0.2) is 0 Å². The lowest BCUT2D eigenvalue weighted by Crippen LogP contribution is -1.89. The lowest BCUT2D eigenvalue weighted by Gasteiger charge is -1.86. The molecule has 0 aliphatic rings. The molecule has 0 N–H and O–H groups in total. The van der Waals surface area contributed by atoms with E-state index in [2.05, 4.69) is 14.7 Å².